The van der Waals surface area contributed by atoms with Crippen LogP contribution in [0, 0.1) is 0 Å². The standard InChI is InChI=1S/C19H20N2O2/c22-18-13-17(20-11-4-1-5-12-20)19(23)21(18)16-10-6-8-14-7-2-3-9-15(14)16/h2-3,6-10,17H,1,4-5,11-13H2. The molecule has 0 bridgehead atoms. The Labute approximate surface area is 135 Å². The number of hydrogen-bond donors (Lipinski definition) is 0. The average molecular weight is 308 g/mol. The van der Waals surface area contributed by atoms with Gasteiger partial charge >= 0.3 is 0 Å². The van der Waals surface area contributed by atoms with Gasteiger partial charge in [0.05, 0.1) is 18.2 Å². The first-order valence-electron chi connectivity index (χ1n) is 8.34. The third-order valence-corrected chi connectivity index (χ3v) is 4.96. The van der Waals surface area contributed by atoms with Crippen molar-refractivity contribution >= 4 is 28.3 Å². The molecule has 2 aliphatic heterocycles. The zero-order valence-electron chi connectivity index (χ0n) is 13.1. The van der Waals surface area contributed by atoms with E-state index in [-0.39, 0.29) is 17.9 Å². The molecule has 1 atom stereocenters. The number of amides is 2. The molecule has 4 rings (SSSR count). The number of piperidine rings is 1. The molecule has 118 valence electrons. The normalized spacial score (nSPS) is 23.0. The quantitative estimate of drug-likeness (QED) is 0.801. The molecule has 2 heterocycles. The van der Waals surface area contributed by atoms with E-state index in [2.05, 4.69) is 4.90 Å². The second-order valence-electron chi connectivity index (χ2n) is 6.38. The summed E-state index contributed by atoms with van der Waals surface area (Å²) >= 11 is 0. The van der Waals surface area contributed by atoms with Crippen molar-refractivity contribution in [2.75, 3.05) is 18.0 Å². The zero-order valence-corrected chi connectivity index (χ0v) is 13.1. The Kier molecular flexibility index (Phi) is 3.62. The van der Waals surface area contributed by atoms with Crippen molar-refractivity contribution in [3.63, 3.8) is 0 Å². The lowest BCUT2D eigenvalue weighted by Crippen LogP contribution is -2.44. The second kappa shape index (κ2) is 5.78. The van der Waals surface area contributed by atoms with E-state index in [1.165, 1.54) is 11.3 Å². The van der Waals surface area contributed by atoms with Crippen LogP contribution in [0.3, 0.4) is 0 Å². The van der Waals surface area contributed by atoms with Crippen LogP contribution in [0.1, 0.15) is 25.7 Å². The fraction of sp³-hybridized carbons (Fsp3) is 0.368. The highest BCUT2D eigenvalue weighted by atomic mass is 16.2. The molecule has 0 spiro atoms. The molecule has 2 aromatic carbocycles. The Hall–Kier alpha value is -2.20. The molecule has 0 aliphatic carbocycles. The van der Waals surface area contributed by atoms with Gasteiger partial charge in [0.2, 0.25) is 5.91 Å². The first-order valence-corrected chi connectivity index (χ1v) is 8.34. The summed E-state index contributed by atoms with van der Waals surface area (Å²) in [6, 6.07) is 13.4. The first kappa shape index (κ1) is 14.4. The minimum absolute atomic E-state index is 0.0618. The number of benzene rings is 2. The third kappa shape index (κ3) is 2.43. The fourth-order valence-corrected chi connectivity index (χ4v) is 3.79. The molecule has 0 radical (unpaired) electrons. The van der Waals surface area contributed by atoms with Crippen LogP contribution in [0.25, 0.3) is 10.8 Å². The molecule has 0 N–H and O–H groups in total. The fourth-order valence-electron chi connectivity index (χ4n) is 3.79. The molecule has 2 amide bonds. The van der Waals surface area contributed by atoms with Gasteiger partial charge < -0.3 is 0 Å². The van der Waals surface area contributed by atoms with Gasteiger partial charge in [-0.3, -0.25) is 14.5 Å². The zero-order chi connectivity index (χ0) is 15.8. The average Bonchev–Trinajstić information content (AvgIpc) is 2.90. The third-order valence-electron chi connectivity index (χ3n) is 4.96. The van der Waals surface area contributed by atoms with Gasteiger partial charge in [-0.05, 0) is 37.4 Å². The van der Waals surface area contributed by atoms with E-state index < -0.39 is 0 Å². The van der Waals surface area contributed by atoms with E-state index >= 15 is 0 Å². The van der Waals surface area contributed by atoms with E-state index in [1.807, 2.05) is 42.5 Å². The summed E-state index contributed by atoms with van der Waals surface area (Å²) < 4.78 is 0. The van der Waals surface area contributed by atoms with Crippen LogP contribution in [-0.4, -0.2) is 35.8 Å². The lowest BCUT2D eigenvalue weighted by molar-refractivity contribution is -0.123. The molecule has 2 aliphatic rings. The number of anilines is 1. The Bertz CT molecular complexity index is 760. The van der Waals surface area contributed by atoms with Gasteiger partial charge in [0.25, 0.3) is 5.91 Å². The van der Waals surface area contributed by atoms with E-state index in [0.29, 0.717) is 6.42 Å². The van der Waals surface area contributed by atoms with Crippen molar-refractivity contribution in [3.05, 3.63) is 42.5 Å². The Morgan fingerprint density at radius 1 is 0.870 bits per heavy atom. The van der Waals surface area contributed by atoms with Gasteiger partial charge in [-0.1, -0.05) is 42.8 Å². The molecular weight excluding hydrogens is 288 g/mol. The predicted molar refractivity (Wildman–Crippen MR) is 90.3 cm³/mol. The van der Waals surface area contributed by atoms with Crippen LogP contribution in [0.2, 0.25) is 0 Å². The molecular formula is C19H20N2O2. The summed E-state index contributed by atoms with van der Waals surface area (Å²) in [4.78, 5) is 29.1. The topological polar surface area (TPSA) is 40.6 Å². The maximum Gasteiger partial charge on any atom is 0.251 e. The number of hydrogen-bond acceptors (Lipinski definition) is 3. The first-order chi connectivity index (χ1) is 11.3. The number of carbonyl (C=O) groups excluding carboxylic acids is 2. The maximum absolute atomic E-state index is 12.9. The molecule has 1 unspecified atom stereocenters. The van der Waals surface area contributed by atoms with Crippen LogP contribution < -0.4 is 4.90 Å². The summed E-state index contributed by atoms with van der Waals surface area (Å²) in [5.74, 6) is -0.143. The SMILES string of the molecule is O=C1CC(N2CCCCC2)C(=O)N1c1cccc2ccccc12. The molecule has 4 heteroatoms. The molecule has 2 saturated heterocycles. The van der Waals surface area contributed by atoms with E-state index in [4.69, 9.17) is 0 Å². The van der Waals surface area contributed by atoms with Gasteiger partial charge in [-0.15, -0.1) is 0 Å². The smallest absolute Gasteiger partial charge is 0.251 e. The van der Waals surface area contributed by atoms with Crippen molar-refractivity contribution in [1.82, 2.24) is 4.90 Å². The van der Waals surface area contributed by atoms with Gasteiger partial charge in [-0.2, -0.15) is 0 Å². The van der Waals surface area contributed by atoms with Crippen molar-refractivity contribution in [2.45, 2.75) is 31.7 Å². The minimum Gasteiger partial charge on any atom is -0.292 e. The molecule has 0 aromatic heterocycles. The van der Waals surface area contributed by atoms with Crippen LogP contribution in [0.15, 0.2) is 42.5 Å². The number of nitrogens with zero attached hydrogens (tertiary/aromatic N) is 2. The summed E-state index contributed by atoms with van der Waals surface area (Å²) in [7, 11) is 0. The summed E-state index contributed by atoms with van der Waals surface area (Å²) in [6.07, 6.45) is 3.76. The molecule has 4 nitrogen and oxygen atoms in total. The van der Waals surface area contributed by atoms with Gasteiger partial charge in [-0.25, -0.2) is 4.90 Å². The summed E-state index contributed by atoms with van der Waals surface area (Å²) in [6.45, 7) is 1.85. The number of carbonyl (C=O) groups is 2. The lowest BCUT2D eigenvalue weighted by Gasteiger charge is -2.30. The molecule has 23 heavy (non-hydrogen) atoms. The van der Waals surface area contributed by atoms with Crippen molar-refractivity contribution in [3.8, 4) is 0 Å². The van der Waals surface area contributed by atoms with Gasteiger partial charge in [0, 0.05) is 5.39 Å². The highest BCUT2D eigenvalue weighted by Crippen LogP contribution is 2.32. The monoisotopic (exact) mass is 308 g/mol. The highest BCUT2D eigenvalue weighted by molar-refractivity contribution is 6.25. The number of likely N-dealkylation sites (tertiary alicyclic amines) is 1. The van der Waals surface area contributed by atoms with Gasteiger partial charge in [0.15, 0.2) is 0 Å². The number of rotatable bonds is 2. The van der Waals surface area contributed by atoms with Gasteiger partial charge in [0.1, 0.15) is 0 Å². The van der Waals surface area contributed by atoms with Crippen LogP contribution >= 0.6 is 0 Å². The maximum atomic E-state index is 12.9. The minimum atomic E-state index is -0.276. The molecule has 2 fully saturated rings. The summed E-state index contributed by atoms with van der Waals surface area (Å²) in [5.41, 5.74) is 0.720. The van der Waals surface area contributed by atoms with Crippen molar-refractivity contribution < 1.29 is 9.59 Å². The molecule has 2 aromatic rings. The number of imide groups is 1. The van der Waals surface area contributed by atoms with Crippen LogP contribution in [0.4, 0.5) is 5.69 Å². The Morgan fingerprint density at radius 2 is 1.61 bits per heavy atom. The second-order valence-corrected chi connectivity index (χ2v) is 6.38. The van der Waals surface area contributed by atoms with E-state index in [1.54, 1.807) is 0 Å². The predicted octanol–water partition coefficient (Wildman–Crippen LogP) is 2.96. The Morgan fingerprint density at radius 3 is 2.43 bits per heavy atom. The van der Waals surface area contributed by atoms with Crippen molar-refractivity contribution in [1.29, 1.82) is 0 Å². The van der Waals surface area contributed by atoms with Crippen LogP contribution in [0.5, 0.6) is 0 Å². The van der Waals surface area contributed by atoms with Crippen molar-refractivity contribution in [2.24, 2.45) is 0 Å². The Balaban J connectivity index is 1.71. The molecule has 0 saturated carbocycles. The number of fused-ring (bicyclic) bond motifs is 1. The highest BCUT2D eigenvalue weighted by Gasteiger charge is 2.43. The van der Waals surface area contributed by atoms with E-state index in [0.717, 1.165) is 42.4 Å². The van der Waals surface area contributed by atoms with Crippen LogP contribution in [-0.2, 0) is 9.59 Å². The summed E-state index contributed by atoms with van der Waals surface area (Å²) in [5, 5.41) is 2.00. The van der Waals surface area contributed by atoms with E-state index in [9.17, 15) is 9.59 Å². The lowest BCUT2D eigenvalue weighted by atomic mass is 10.1. The largest absolute Gasteiger partial charge is 0.292 e.